The Hall–Kier alpha value is -1.56. The van der Waals surface area contributed by atoms with E-state index in [2.05, 4.69) is 5.32 Å². The summed E-state index contributed by atoms with van der Waals surface area (Å²) < 4.78 is 39.4. The number of nitrogens with one attached hydrogen (secondary N) is 1. The highest BCUT2D eigenvalue weighted by Crippen LogP contribution is 2.19. The largest absolute Gasteiger partial charge is 0.334 e. The summed E-state index contributed by atoms with van der Waals surface area (Å²) in [4.78, 5) is 12.0. The van der Waals surface area contributed by atoms with E-state index in [4.69, 9.17) is 0 Å². The number of anilines is 1. The minimum atomic E-state index is -1.57. The third-order valence-electron chi connectivity index (χ3n) is 3.92. The number of halogens is 3. The monoisotopic (exact) mass is 301 g/mol. The standard InChI is InChI=1S/C15H19F3N2O/c1-9(19-10-5-3-2-4-6-10)15(21)20-12-8-7-11(16)13(17)14(12)18/h7-10,19H,2-6H2,1H3,(H,20,21)/p+1/t9-/m1/s1. The van der Waals surface area contributed by atoms with Crippen LogP contribution in [0.25, 0.3) is 0 Å². The van der Waals surface area contributed by atoms with Crippen molar-refractivity contribution in [2.45, 2.75) is 51.1 Å². The van der Waals surface area contributed by atoms with E-state index in [0.717, 1.165) is 37.8 Å². The van der Waals surface area contributed by atoms with Crippen LogP contribution < -0.4 is 10.6 Å². The molecule has 1 saturated carbocycles. The summed E-state index contributed by atoms with van der Waals surface area (Å²) in [5.74, 6) is -4.62. The topological polar surface area (TPSA) is 45.7 Å². The van der Waals surface area contributed by atoms with E-state index in [1.54, 1.807) is 6.92 Å². The summed E-state index contributed by atoms with van der Waals surface area (Å²) in [5.41, 5.74) is -0.331. The molecule has 0 radical (unpaired) electrons. The van der Waals surface area contributed by atoms with Crippen molar-refractivity contribution in [2.75, 3.05) is 5.32 Å². The van der Waals surface area contributed by atoms with E-state index < -0.39 is 29.4 Å². The van der Waals surface area contributed by atoms with Gasteiger partial charge in [-0.1, -0.05) is 6.42 Å². The quantitative estimate of drug-likeness (QED) is 0.824. The number of carbonyl (C=O) groups excluding carboxylic acids is 1. The summed E-state index contributed by atoms with van der Waals surface area (Å²) in [6.07, 6.45) is 5.68. The average Bonchev–Trinajstić information content (AvgIpc) is 2.48. The zero-order valence-corrected chi connectivity index (χ0v) is 12.0. The summed E-state index contributed by atoms with van der Waals surface area (Å²) in [7, 11) is 0. The number of hydrogen-bond donors (Lipinski definition) is 2. The van der Waals surface area contributed by atoms with Crippen LogP contribution in [0.15, 0.2) is 12.1 Å². The molecule has 116 valence electrons. The Kier molecular flexibility index (Phi) is 5.22. The summed E-state index contributed by atoms with van der Waals surface area (Å²) >= 11 is 0. The van der Waals surface area contributed by atoms with Crippen molar-refractivity contribution >= 4 is 11.6 Å². The lowest BCUT2D eigenvalue weighted by molar-refractivity contribution is -0.708. The van der Waals surface area contributed by atoms with Gasteiger partial charge in [0.2, 0.25) is 0 Å². The lowest BCUT2D eigenvalue weighted by atomic mass is 9.95. The molecule has 6 heteroatoms. The van der Waals surface area contributed by atoms with Gasteiger partial charge in [0, 0.05) is 0 Å². The van der Waals surface area contributed by atoms with Gasteiger partial charge in [0.1, 0.15) is 0 Å². The predicted octanol–water partition coefficient (Wildman–Crippen LogP) is 2.33. The first kappa shape index (κ1) is 15.8. The second kappa shape index (κ2) is 6.93. The minimum absolute atomic E-state index is 0.331. The van der Waals surface area contributed by atoms with Crippen LogP contribution in [0, 0.1) is 17.5 Å². The molecular formula is C15H20F3N2O+. The molecule has 3 N–H and O–H groups in total. The summed E-state index contributed by atoms with van der Waals surface area (Å²) in [6.45, 7) is 1.72. The number of quaternary nitrogens is 1. The molecule has 1 aromatic rings. The maximum Gasteiger partial charge on any atom is 0.282 e. The molecule has 1 atom stereocenters. The molecule has 0 unspecified atom stereocenters. The van der Waals surface area contributed by atoms with Crippen molar-refractivity contribution in [2.24, 2.45) is 0 Å². The third-order valence-corrected chi connectivity index (χ3v) is 3.92. The molecule has 1 amide bonds. The Morgan fingerprint density at radius 1 is 1.19 bits per heavy atom. The van der Waals surface area contributed by atoms with Crippen LogP contribution in [0.4, 0.5) is 18.9 Å². The fourth-order valence-corrected chi connectivity index (χ4v) is 2.69. The number of benzene rings is 1. The molecule has 21 heavy (non-hydrogen) atoms. The predicted molar refractivity (Wildman–Crippen MR) is 73.2 cm³/mol. The van der Waals surface area contributed by atoms with Gasteiger partial charge in [-0.3, -0.25) is 4.79 Å². The SMILES string of the molecule is C[C@@H]([NH2+]C1CCCCC1)C(=O)Nc1ccc(F)c(F)c1F. The van der Waals surface area contributed by atoms with Crippen molar-refractivity contribution in [3.63, 3.8) is 0 Å². The number of nitrogens with two attached hydrogens (primary N) is 1. The van der Waals surface area contributed by atoms with Crippen molar-refractivity contribution < 1.29 is 23.3 Å². The molecule has 0 bridgehead atoms. The molecule has 1 aliphatic rings. The number of rotatable bonds is 4. The van der Waals surface area contributed by atoms with Crippen LogP contribution in [-0.4, -0.2) is 18.0 Å². The smallest absolute Gasteiger partial charge is 0.282 e. The highest BCUT2D eigenvalue weighted by Gasteiger charge is 2.24. The Bertz CT molecular complexity index is 516. The second-order valence-corrected chi connectivity index (χ2v) is 5.59. The van der Waals surface area contributed by atoms with Gasteiger partial charge in [0.25, 0.3) is 5.91 Å². The van der Waals surface area contributed by atoms with Crippen LogP contribution in [0.5, 0.6) is 0 Å². The van der Waals surface area contributed by atoms with E-state index in [1.165, 1.54) is 6.42 Å². The average molecular weight is 301 g/mol. The number of amides is 1. The summed E-state index contributed by atoms with van der Waals surface area (Å²) in [5, 5.41) is 4.28. The molecular weight excluding hydrogens is 281 g/mol. The molecule has 0 saturated heterocycles. The summed E-state index contributed by atoms with van der Waals surface area (Å²) in [6, 6.07) is 1.82. The van der Waals surface area contributed by atoms with Gasteiger partial charge in [-0.15, -0.1) is 0 Å². The molecule has 1 fully saturated rings. The first-order chi connectivity index (χ1) is 9.99. The van der Waals surface area contributed by atoms with Gasteiger partial charge in [-0.2, -0.15) is 0 Å². The molecule has 3 nitrogen and oxygen atoms in total. The fraction of sp³-hybridized carbons (Fsp3) is 0.533. The number of hydrogen-bond acceptors (Lipinski definition) is 1. The van der Waals surface area contributed by atoms with E-state index in [1.807, 2.05) is 5.32 Å². The molecule has 0 aliphatic heterocycles. The maximum atomic E-state index is 13.5. The van der Waals surface area contributed by atoms with Gasteiger partial charge < -0.3 is 10.6 Å². The Morgan fingerprint density at radius 2 is 1.86 bits per heavy atom. The zero-order chi connectivity index (χ0) is 15.4. The van der Waals surface area contributed by atoms with Crippen molar-refractivity contribution in [3.05, 3.63) is 29.6 Å². The van der Waals surface area contributed by atoms with Gasteiger partial charge in [0.15, 0.2) is 23.5 Å². The van der Waals surface area contributed by atoms with Gasteiger partial charge in [-0.25, -0.2) is 13.2 Å². The lowest BCUT2D eigenvalue weighted by Gasteiger charge is -2.23. The Balaban J connectivity index is 1.95. The van der Waals surface area contributed by atoms with Crippen LogP contribution in [0.3, 0.4) is 0 Å². The fourth-order valence-electron chi connectivity index (χ4n) is 2.69. The Morgan fingerprint density at radius 3 is 2.52 bits per heavy atom. The van der Waals surface area contributed by atoms with E-state index in [0.29, 0.717) is 6.04 Å². The van der Waals surface area contributed by atoms with E-state index in [-0.39, 0.29) is 5.69 Å². The first-order valence-electron chi connectivity index (χ1n) is 7.28. The van der Waals surface area contributed by atoms with Gasteiger partial charge in [-0.05, 0) is 44.7 Å². The van der Waals surface area contributed by atoms with Crippen LogP contribution in [0.1, 0.15) is 39.0 Å². The highest BCUT2D eigenvalue weighted by molar-refractivity contribution is 5.93. The van der Waals surface area contributed by atoms with E-state index in [9.17, 15) is 18.0 Å². The zero-order valence-electron chi connectivity index (χ0n) is 12.0. The molecule has 0 heterocycles. The van der Waals surface area contributed by atoms with Gasteiger partial charge in [0.05, 0.1) is 11.7 Å². The van der Waals surface area contributed by atoms with Crippen molar-refractivity contribution in [3.8, 4) is 0 Å². The number of carbonyl (C=O) groups is 1. The highest BCUT2D eigenvalue weighted by atomic mass is 19.2. The van der Waals surface area contributed by atoms with Crippen molar-refractivity contribution in [1.82, 2.24) is 0 Å². The molecule has 2 rings (SSSR count). The van der Waals surface area contributed by atoms with Gasteiger partial charge >= 0.3 is 0 Å². The molecule has 0 spiro atoms. The first-order valence-corrected chi connectivity index (χ1v) is 7.28. The molecule has 0 aromatic heterocycles. The van der Waals surface area contributed by atoms with Crippen LogP contribution in [0.2, 0.25) is 0 Å². The molecule has 1 aliphatic carbocycles. The Labute approximate surface area is 121 Å². The van der Waals surface area contributed by atoms with Crippen LogP contribution >= 0.6 is 0 Å². The third kappa shape index (κ3) is 3.97. The lowest BCUT2D eigenvalue weighted by Crippen LogP contribution is -2.96. The minimum Gasteiger partial charge on any atom is -0.334 e. The second-order valence-electron chi connectivity index (χ2n) is 5.59. The van der Waals surface area contributed by atoms with Crippen LogP contribution in [-0.2, 0) is 4.79 Å². The van der Waals surface area contributed by atoms with Crippen molar-refractivity contribution in [1.29, 1.82) is 0 Å². The normalized spacial score (nSPS) is 17.5. The maximum absolute atomic E-state index is 13.5. The van der Waals surface area contributed by atoms with E-state index >= 15 is 0 Å². The molecule has 1 aromatic carbocycles.